The Morgan fingerprint density at radius 3 is 2.64 bits per heavy atom. The summed E-state index contributed by atoms with van der Waals surface area (Å²) in [5, 5.41) is 6.83. The van der Waals surface area contributed by atoms with E-state index < -0.39 is 0 Å². The highest BCUT2D eigenvalue weighted by Crippen LogP contribution is 2.14. The van der Waals surface area contributed by atoms with Gasteiger partial charge in [-0.2, -0.15) is 0 Å². The van der Waals surface area contributed by atoms with E-state index >= 15 is 0 Å². The molecule has 2 aliphatic heterocycles. The van der Waals surface area contributed by atoms with Crippen LogP contribution in [-0.2, 0) is 0 Å². The molecule has 0 aromatic carbocycles. The van der Waals surface area contributed by atoms with Crippen molar-refractivity contribution in [2.75, 3.05) is 45.8 Å². The van der Waals surface area contributed by atoms with Crippen molar-refractivity contribution in [3.8, 4) is 0 Å². The third-order valence-electron chi connectivity index (χ3n) is 3.46. The highest BCUT2D eigenvalue weighted by atomic mass is 15.2. The third kappa shape index (κ3) is 3.23. The highest BCUT2D eigenvalue weighted by Gasteiger charge is 2.15. The number of piperazine rings is 1. The van der Waals surface area contributed by atoms with Gasteiger partial charge in [-0.05, 0) is 44.8 Å². The smallest absolute Gasteiger partial charge is 0.0107 e. The quantitative estimate of drug-likeness (QED) is 0.678. The molecule has 0 spiro atoms. The number of rotatable bonds is 4. The van der Waals surface area contributed by atoms with Crippen molar-refractivity contribution in [1.29, 1.82) is 0 Å². The van der Waals surface area contributed by atoms with Crippen LogP contribution in [0.25, 0.3) is 0 Å². The summed E-state index contributed by atoms with van der Waals surface area (Å²) in [5.74, 6) is 0.970. The van der Waals surface area contributed by atoms with E-state index in [0.717, 1.165) is 5.92 Å². The van der Waals surface area contributed by atoms with E-state index in [9.17, 15) is 0 Å². The minimum absolute atomic E-state index is 0.970. The first-order valence-corrected chi connectivity index (χ1v) is 6.09. The van der Waals surface area contributed by atoms with E-state index in [0.29, 0.717) is 0 Å². The first-order chi connectivity index (χ1) is 6.95. The molecule has 82 valence electrons. The Morgan fingerprint density at radius 1 is 1.07 bits per heavy atom. The van der Waals surface area contributed by atoms with Crippen LogP contribution < -0.4 is 10.6 Å². The van der Waals surface area contributed by atoms with Crippen LogP contribution in [0.2, 0.25) is 0 Å². The van der Waals surface area contributed by atoms with Gasteiger partial charge in [-0.25, -0.2) is 0 Å². The summed E-state index contributed by atoms with van der Waals surface area (Å²) in [6.07, 6.45) is 4.23. The fourth-order valence-corrected chi connectivity index (χ4v) is 2.50. The molecular weight excluding hydrogens is 174 g/mol. The predicted octanol–water partition coefficient (Wildman–Crippen LogP) is 0.281. The van der Waals surface area contributed by atoms with Gasteiger partial charge in [0.15, 0.2) is 0 Å². The SMILES string of the molecule is C(CC1CCNC1)CN1CCNCC1. The molecule has 3 nitrogen and oxygen atoms in total. The molecule has 2 rings (SSSR count). The van der Waals surface area contributed by atoms with Crippen LogP contribution in [0.4, 0.5) is 0 Å². The standard InChI is InChI=1S/C11H23N3/c1(2-11-3-4-13-10-11)7-14-8-5-12-6-9-14/h11-13H,1-10H2. The second-order valence-corrected chi connectivity index (χ2v) is 4.59. The molecule has 0 bridgehead atoms. The fraction of sp³-hybridized carbons (Fsp3) is 1.00. The topological polar surface area (TPSA) is 27.3 Å². The minimum atomic E-state index is 0.970. The molecule has 0 aromatic heterocycles. The maximum atomic E-state index is 3.44. The highest BCUT2D eigenvalue weighted by molar-refractivity contribution is 4.73. The van der Waals surface area contributed by atoms with Gasteiger partial charge in [0.25, 0.3) is 0 Å². The van der Waals surface area contributed by atoms with Crippen LogP contribution in [0.3, 0.4) is 0 Å². The summed E-state index contributed by atoms with van der Waals surface area (Å²) in [5.41, 5.74) is 0. The molecule has 1 unspecified atom stereocenters. The van der Waals surface area contributed by atoms with E-state index in [1.54, 1.807) is 0 Å². The lowest BCUT2D eigenvalue weighted by Crippen LogP contribution is -2.43. The predicted molar refractivity (Wildman–Crippen MR) is 59.5 cm³/mol. The van der Waals surface area contributed by atoms with Crippen LogP contribution in [0.1, 0.15) is 19.3 Å². The summed E-state index contributed by atoms with van der Waals surface area (Å²) in [7, 11) is 0. The molecule has 1 atom stereocenters. The molecule has 0 aromatic rings. The molecule has 2 N–H and O–H groups in total. The number of hydrogen-bond donors (Lipinski definition) is 2. The van der Waals surface area contributed by atoms with Gasteiger partial charge in [0.1, 0.15) is 0 Å². The third-order valence-corrected chi connectivity index (χ3v) is 3.46. The molecule has 2 fully saturated rings. The molecule has 3 heteroatoms. The van der Waals surface area contributed by atoms with Gasteiger partial charge in [-0.15, -0.1) is 0 Å². The van der Waals surface area contributed by atoms with Crippen LogP contribution in [0.15, 0.2) is 0 Å². The molecule has 0 saturated carbocycles. The van der Waals surface area contributed by atoms with Crippen LogP contribution in [-0.4, -0.2) is 50.7 Å². The summed E-state index contributed by atoms with van der Waals surface area (Å²) in [6.45, 7) is 8.71. The molecule has 14 heavy (non-hydrogen) atoms. The van der Waals surface area contributed by atoms with Gasteiger partial charge >= 0.3 is 0 Å². The second kappa shape index (κ2) is 5.69. The largest absolute Gasteiger partial charge is 0.316 e. The van der Waals surface area contributed by atoms with Crippen LogP contribution >= 0.6 is 0 Å². The Labute approximate surface area is 87.2 Å². The normalized spacial score (nSPS) is 29.6. The van der Waals surface area contributed by atoms with E-state index in [1.807, 2.05) is 0 Å². The number of hydrogen-bond acceptors (Lipinski definition) is 3. The first-order valence-electron chi connectivity index (χ1n) is 6.09. The lowest BCUT2D eigenvalue weighted by molar-refractivity contribution is 0.232. The molecule has 0 amide bonds. The lowest BCUT2D eigenvalue weighted by atomic mass is 10.0. The summed E-state index contributed by atoms with van der Waals surface area (Å²) in [6, 6.07) is 0. The van der Waals surface area contributed by atoms with E-state index in [2.05, 4.69) is 15.5 Å². The van der Waals surface area contributed by atoms with Gasteiger partial charge in [-0.1, -0.05) is 0 Å². The summed E-state index contributed by atoms with van der Waals surface area (Å²) in [4.78, 5) is 2.60. The van der Waals surface area contributed by atoms with Crippen LogP contribution in [0.5, 0.6) is 0 Å². The minimum Gasteiger partial charge on any atom is -0.316 e. The lowest BCUT2D eigenvalue weighted by Gasteiger charge is -2.27. The first kappa shape index (κ1) is 10.4. The van der Waals surface area contributed by atoms with E-state index in [1.165, 1.54) is 65.1 Å². The van der Waals surface area contributed by atoms with Crippen molar-refractivity contribution in [3.05, 3.63) is 0 Å². The molecule has 2 saturated heterocycles. The Morgan fingerprint density at radius 2 is 1.93 bits per heavy atom. The zero-order valence-electron chi connectivity index (χ0n) is 9.10. The van der Waals surface area contributed by atoms with Gasteiger partial charge < -0.3 is 15.5 Å². The monoisotopic (exact) mass is 197 g/mol. The summed E-state index contributed by atoms with van der Waals surface area (Å²) < 4.78 is 0. The van der Waals surface area contributed by atoms with Crippen molar-refractivity contribution in [2.45, 2.75) is 19.3 Å². The average Bonchev–Trinajstić information content (AvgIpc) is 2.72. The zero-order valence-corrected chi connectivity index (χ0v) is 9.10. The Balaban J connectivity index is 1.52. The average molecular weight is 197 g/mol. The van der Waals surface area contributed by atoms with E-state index in [-0.39, 0.29) is 0 Å². The molecule has 0 aliphatic carbocycles. The summed E-state index contributed by atoms with van der Waals surface area (Å²) >= 11 is 0. The van der Waals surface area contributed by atoms with Crippen molar-refractivity contribution >= 4 is 0 Å². The van der Waals surface area contributed by atoms with Crippen molar-refractivity contribution in [3.63, 3.8) is 0 Å². The van der Waals surface area contributed by atoms with Crippen molar-refractivity contribution in [2.24, 2.45) is 5.92 Å². The Kier molecular flexibility index (Phi) is 4.22. The molecule has 2 heterocycles. The van der Waals surface area contributed by atoms with Crippen molar-refractivity contribution < 1.29 is 0 Å². The maximum absolute atomic E-state index is 3.44. The van der Waals surface area contributed by atoms with Gasteiger partial charge in [0.2, 0.25) is 0 Å². The molecular formula is C11H23N3. The van der Waals surface area contributed by atoms with Gasteiger partial charge in [0.05, 0.1) is 0 Å². The van der Waals surface area contributed by atoms with Gasteiger partial charge in [-0.3, -0.25) is 0 Å². The van der Waals surface area contributed by atoms with Crippen LogP contribution in [0, 0.1) is 5.92 Å². The van der Waals surface area contributed by atoms with Crippen molar-refractivity contribution in [1.82, 2.24) is 15.5 Å². The zero-order chi connectivity index (χ0) is 9.64. The number of nitrogens with one attached hydrogen (secondary N) is 2. The molecule has 0 radical (unpaired) electrons. The fourth-order valence-electron chi connectivity index (χ4n) is 2.50. The Bertz CT molecular complexity index is 149. The number of nitrogens with zero attached hydrogens (tertiary/aromatic N) is 1. The van der Waals surface area contributed by atoms with Gasteiger partial charge in [0, 0.05) is 26.2 Å². The maximum Gasteiger partial charge on any atom is 0.0107 e. The molecule has 2 aliphatic rings. The second-order valence-electron chi connectivity index (χ2n) is 4.59. The Hall–Kier alpha value is -0.120. The van der Waals surface area contributed by atoms with E-state index in [4.69, 9.17) is 0 Å².